The summed E-state index contributed by atoms with van der Waals surface area (Å²) in [5.74, 6) is 1.44. The predicted molar refractivity (Wildman–Crippen MR) is 71.2 cm³/mol. The molecule has 2 rings (SSSR count). The summed E-state index contributed by atoms with van der Waals surface area (Å²) < 4.78 is 0. The van der Waals surface area contributed by atoms with Crippen molar-refractivity contribution in [2.45, 2.75) is 45.4 Å². The molecule has 1 saturated carbocycles. The maximum atomic E-state index is 8.85. The van der Waals surface area contributed by atoms with Gasteiger partial charge in [0.1, 0.15) is 11.8 Å². The fourth-order valence-corrected chi connectivity index (χ4v) is 2.57. The molecule has 0 aromatic carbocycles. The monoisotopic (exact) mass is 244 g/mol. The molecular weight excluding hydrogens is 224 g/mol. The van der Waals surface area contributed by atoms with Gasteiger partial charge in [0.2, 0.25) is 5.95 Å². The predicted octanol–water partition coefficient (Wildman–Crippen LogP) is 3.04. The lowest BCUT2D eigenvalue weighted by Gasteiger charge is -2.21. The zero-order valence-electron chi connectivity index (χ0n) is 10.9. The molecule has 0 aliphatic heterocycles. The number of nitriles is 1. The topological polar surface area (TPSA) is 61.6 Å². The van der Waals surface area contributed by atoms with Crippen LogP contribution in [-0.4, -0.2) is 16.5 Å². The number of hydrogen-bond donors (Lipinski definition) is 1. The first-order valence-electron chi connectivity index (χ1n) is 6.77. The van der Waals surface area contributed by atoms with Gasteiger partial charge in [-0.15, -0.1) is 0 Å². The summed E-state index contributed by atoms with van der Waals surface area (Å²) in [6.45, 7) is 2.79. The van der Waals surface area contributed by atoms with Crippen LogP contribution in [0.25, 0.3) is 0 Å². The average molecular weight is 244 g/mol. The lowest BCUT2D eigenvalue weighted by atomic mass is 9.87. The second-order valence-electron chi connectivity index (χ2n) is 5.05. The molecule has 0 amide bonds. The Morgan fingerprint density at radius 1 is 1.33 bits per heavy atom. The van der Waals surface area contributed by atoms with Crippen molar-refractivity contribution in [3.8, 4) is 6.07 Å². The van der Waals surface area contributed by atoms with E-state index in [4.69, 9.17) is 5.26 Å². The number of nitrogens with zero attached hydrogens (tertiary/aromatic N) is 3. The van der Waals surface area contributed by atoms with E-state index in [0.29, 0.717) is 11.6 Å². The molecule has 1 aromatic heterocycles. The van der Waals surface area contributed by atoms with E-state index in [-0.39, 0.29) is 0 Å². The molecule has 0 bridgehead atoms. The molecule has 1 aromatic rings. The van der Waals surface area contributed by atoms with Crippen LogP contribution in [0.15, 0.2) is 6.07 Å². The smallest absolute Gasteiger partial charge is 0.224 e. The van der Waals surface area contributed by atoms with Crippen LogP contribution in [-0.2, 0) is 0 Å². The van der Waals surface area contributed by atoms with E-state index in [1.165, 1.54) is 38.5 Å². The quantitative estimate of drug-likeness (QED) is 0.884. The van der Waals surface area contributed by atoms with Gasteiger partial charge < -0.3 is 5.32 Å². The Labute approximate surface area is 108 Å². The highest BCUT2D eigenvalue weighted by atomic mass is 15.1. The molecular formula is C14H20N4. The van der Waals surface area contributed by atoms with Crippen molar-refractivity contribution in [3.05, 3.63) is 17.5 Å². The lowest BCUT2D eigenvalue weighted by Crippen LogP contribution is -2.13. The maximum Gasteiger partial charge on any atom is 0.224 e. The number of aromatic nitrogens is 2. The van der Waals surface area contributed by atoms with Gasteiger partial charge in [-0.2, -0.15) is 5.26 Å². The second kappa shape index (κ2) is 6.34. The second-order valence-corrected chi connectivity index (χ2v) is 5.05. The van der Waals surface area contributed by atoms with Gasteiger partial charge in [0.25, 0.3) is 0 Å². The van der Waals surface area contributed by atoms with Crippen molar-refractivity contribution in [1.82, 2.24) is 9.97 Å². The SMILES string of the molecule is Cc1cc(C#N)nc(NCCC2CCCCC2)n1. The summed E-state index contributed by atoms with van der Waals surface area (Å²) in [5.41, 5.74) is 1.27. The Kier molecular flexibility index (Phi) is 4.52. The van der Waals surface area contributed by atoms with Crippen LogP contribution in [0.2, 0.25) is 0 Å². The van der Waals surface area contributed by atoms with Crippen LogP contribution in [0, 0.1) is 24.2 Å². The van der Waals surface area contributed by atoms with E-state index in [0.717, 1.165) is 18.2 Å². The van der Waals surface area contributed by atoms with Gasteiger partial charge in [0.15, 0.2) is 0 Å². The van der Waals surface area contributed by atoms with Gasteiger partial charge >= 0.3 is 0 Å². The third-order valence-corrected chi connectivity index (χ3v) is 3.53. The van der Waals surface area contributed by atoms with Gasteiger partial charge in [0.05, 0.1) is 0 Å². The van der Waals surface area contributed by atoms with Crippen LogP contribution in [0.1, 0.15) is 49.9 Å². The number of hydrogen-bond acceptors (Lipinski definition) is 4. The van der Waals surface area contributed by atoms with E-state index in [1.807, 2.05) is 6.92 Å². The van der Waals surface area contributed by atoms with E-state index >= 15 is 0 Å². The Bertz CT molecular complexity index is 430. The molecule has 1 heterocycles. The van der Waals surface area contributed by atoms with Gasteiger partial charge in [-0.05, 0) is 25.3 Å². The summed E-state index contributed by atoms with van der Waals surface area (Å²) in [7, 11) is 0. The fraction of sp³-hybridized carbons (Fsp3) is 0.643. The molecule has 0 unspecified atom stereocenters. The van der Waals surface area contributed by atoms with Crippen LogP contribution >= 0.6 is 0 Å². The molecule has 0 radical (unpaired) electrons. The minimum Gasteiger partial charge on any atom is -0.354 e. The van der Waals surface area contributed by atoms with Gasteiger partial charge in [-0.3, -0.25) is 0 Å². The number of nitrogens with one attached hydrogen (secondary N) is 1. The summed E-state index contributed by atoms with van der Waals surface area (Å²) in [6.07, 6.45) is 8.06. The Hall–Kier alpha value is -1.63. The van der Waals surface area contributed by atoms with Gasteiger partial charge in [-0.1, -0.05) is 32.1 Å². The minimum absolute atomic E-state index is 0.433. The van der Waals surface area contributed by atoms with E-state index in [9.17, 15) is 0 Å². The first-order valence-corrected chi connectivity index (χ1v) is 6.77. The van der Waals surface area contributed by atoms with Crippen molar-refractivity contribution in [2.24, 2.45) is 5.92 Å². The van der Waals surface area contributed by atoms with Crippen LogP contribution in [0.4, 0.5) is 5.95 Å². The van der Waals surface area contributed by atoms with Crippen molar-refractivity contribution in [3.63, 3.8) is 0 Å². The molecule has 18 heavy (non-hydrogen) atoms. The Morgan fingerprint density at radius 2 is 2.11 bits per heavy atom. The molecule has 1 N–H and O–H groups in total. The minimum atomic E-state index is 0.433. The zero-order valence-corrected chi connectivity index (χ0v) is 10.9. The Morgan fingerprint density at radius 3 is 2.83 bits per heavy atom. The summed E-state index contributed by atoms with van der Waals surface area (Å²) >= 11 is 0. The van der Waals surface area contributed by atoms with Gasteiger partial charge in [-0.25, -0.2) is 9.97 Å². The van der Waals surface area contributed by atoms with Crippen molar-refractivity contribution in [2.75, 3.05) is 11.9 Å². The molecule has 0 atom stereocenters. The molecule has 1 aliphatic rings. The summed E-state index contributed by atoms with van der Waals surface area (Å²) in [5, 5.41) is 12.1. The van der Waals surface area contributed by atoms with Crippen molar-refractivity contribution < 1.29 is 0 Å². The first kappa shape index (κ1) is 12.8. The largest absolute Gasteiger partial charge is 0.354 e. The normalized spacial score (nSPS) is 16.2. The highest BCUT2D eigenvalue weighted by Crippen LogP contribution is 2.25. The standard InChI is InChI=1S/C14H20N4/c1-11-9-13(10-15)18-14(17-11)16-8-7-12-5-3-2-4-6-12/h9,12H,2-8H2,1H3,(H,16,17,18). The molecule has 4 heteroatoms. The van der Waals surface area contributed by atoms with Crippen LogP contribution in [0.3, 0.4) is 0 Å². The molecule has 0 spiro atoms. The van der Waals surface area contributed by atoms with Gasteiger partial charge in [0, 0.05) is 12.2 Å². The molecule has 1 fully saturated rings. The summed E-state index contributed by atoms with van der Waals surface area (Å²) in [4.78, 5) is 8.44. The number of aryl methyl sites for hydroxylation is 1. The van der Waals surface area contributed by atoms with Crippen LogP contribution < -0.4 is 5.32 Å². The molecule has 0 saturated heterocycles. The number of rotatable bonds is 4. The molecule has 4 nitrogen and oxygen atoms in total. The molecule has 96 valence electrons. The van der Waals surface area contributed by atoms with Crippen molar-refractivity contribution in [1.29, 1.82) is 5.26 Å². The van der Waals surface area contributed by atoms with Crippen LogP contribution in [0.5, 0.6) is 0 Å². The van der Waals surface area contributed by atoms with E-state index in [2.05, 4.69) is 21.4 Å². The Balaban J connectivity index is 1.82. The van der Waals surface area contributed by atoms with Crippen molar-refractivity contribution >= 4 is 5.95 Å². The third kappa shape index (κ3) is 3.69. The average Bonchev–Trinajstić information content (AvgIpc) is 2.39. The third-order valence-electron chi connectivity index (χ3n) is 3.53. The first-order chi connectivity index (χ1) is 8.78. The van der Waals surface area contributed by atoms with E-state index < -0.39 is 0 Å². The zero-order chi connectivity index (χ0) is 12.8. The highest BCUT2D eigenvalue weighted by Gasteiger charge is 2.12. The van der Waals surface area contributed by atoms with E-state index in [1.54, 1.807) is 6.07 Å². The highest BCUT2D eigenvalue weighted by molar-refractivity contribution is 5.32. The summed E-state index contributed by atoms with van der Waals surface area (Å²) in [6, 6.07) is 3.76. The fourth-order valence-electron chi connectivity index (χ4n) is 2.57. The molecule has 1 aliphatic carbocycles. The number of anilines is 1. The lowest BCUT2D eigenvalue weighted by molar-refractivity contribution is 0.345. The maximum absolute atomic E-state index is 8.85.